The Morgan fingerprint density at radius 2 is 2.21 bits per heavy atom. The van der Waals surface area contributed by atoms with Gasteiger partial charge in [-0.3, -0.25) is 4.99 Å². The number of aromatic nitrogens is 3. The molecule has 1 aliphatic rings. The van der Waals surface area contributed by atoms with Gasteiger partial charge in [-0.15, -0.1) is 0 Å². The number of halogens is 1. The summed E-state index contributed by atoms with van der Waals surface area (Å²) < 4.78 is 16.1. The lowest BCUT2D eigenvalue weighted by Gasteiger charge is -2.20. The van der Waals surface area contributed by atoms with Crippen LogP contribution in [0.25, 0.3) is 0 Å². The number of hydrogen-bond acceptors (Lipinski definition) is 4. The fraction of sp³-hybridized carbons (Fsp3) is 0.550. The number of imidazole rings is 1. The predicted molar refractivity (Wildman–Crippen MR) is 110 cm³/mol. The van der Waals surface area contributed by atoms with E-state index in [0.717, 1.165) is 63.8 Å². The number of nitrogens with zero attached hydrogens (tertiary/aromatic N) is 5. The molecule has 2 aromatic heterocycles. The van der Waals surface area contributed by atoms with Crippen LogP contribution in [0, 0.1) is 12.7 Å². The molecule has 0 aliphatic carbocycles. The normalized spacial score (nSPS) is 17.2. The summed E-state index contributed by atoms with van der Waals surface area (Å²) in [5.74, 6) is 2.05. The smallest absolute Gasteiger partial charge is 0.191 e. The summed E-state index contributed by atoms with van der Waals surface area (Å²) in [7, 11) is 0. The number of rotatable bonds is 8. The Hall–Kier alpha value is -2.64. The SMILES string of the molecule is CCNC(=NCCCCn1ccnc1C)NC1CCN(c2ncccc2F)C1. The molecule has 28 heavy (non-hydrogen) atoms. The maximum atomic E-state index is 14.0. The molecule has 0 amide bonds. The van der Waals surface area contributed by atoms with E-state index in [-0.39, 0.29) is 11.9 Å². The van der Waals surface area contributed by atoms with Crippen LogP contribution in [0.4, 0.5) is 10.2 Å². The van der Waals surface area contributed by atoms with Crippen molar-refractivity contribution in [2.45, 2.75) is 45.7 Å². The minimum atomic E-state index is -0.267. The van der Waals surface area contributed by atoms with Gasteiger partial charge >= 0.3 is 0 Å². The number of pyridine rings is 1. The van der Waals surface area contributed by atoms with Crippen LogP contribution in [0.5, 0.6) is 0 Å². The van der Waals surface area contributed by atoms with Crippen LogP contribution in [-0.4, -0.2) is 52.7 Å². The zero-order valence-electron chi connectivity index (χ0n) is 16.7. The minimum absolute atomic E-state index is 0.229. The number of unbranched alkanes of at least 4 members (excludes halogenated alkanes) is 1. The van der Waals surface area contributed by atoms with Crippen LogP contribution < -0.4 is 15.5 Å². The highest BCUT2D eigenvalue weighted by molar-refractivity contribution is 5.80. The number of aryl methyl sites for hydroxylation is 2. The highest BCUT2D eigenvalue weighted by Gasteiger charge is 2.25. The lowest BCUT2D eigenvalue weighted by molar-refractivity contribution is 0.597. The van der Waals surface area contributed by atoms with E-state index < -0.39 is 0 Å². The third-order valence-electron chi connectivity index (χ3n) is 4.91. The summed E-state index contributed by atoms with van der Waals surface area (Å²) in [5, 5.41) is 6.79. The first-order valence-electron chi connectivity index (χ1n) is 10.1. The van der Waals surface area contributed by atoms with Gasteiger partial charge in [0, 0.05) is 57.4 Å². The Bertz CT molecular complexity index is 773. The molecule has 152 valence electrons. The second kappa shape index (κ2) is 10.1. The molecule has 0 spiro atoms. The highest BCUT2D eigenvalue weighted by atomic mass is 19.1. The van der Waals surface area contributed by atoms with E-state index in [1.54, 1.807) is 12.3 Å². The van der Waals surface area contributed by atoms with E-state index >= 15 is 0 Å². The van der Waals surface area contributed by atoms with Gasteiger partial charge in [-0.25, -0.2) is 14.4 Å². The molecule has 1 unspecified atom stereocenters. The van der Waals surface area contributed by atoms with Crippen molar-refractivity contribution in [3.05, 3.63) is 42.4 Å². The second-order valence-electron chi connectivity index (χ2n) is 7.02. The molecule has 1 atom stereocenters. The van der Waals surface area contributed by atoms with Gasteiger partial charge in [0.25, 0.3) is 0 Å². The van der Waals surface area contributed by atoms with Crippen LogP contribution in [-0.2, 0) is 6.54 Å². The largest absolute Gasteiger partial charge is 0.357 e. The Morgan fingerprint density at radius 3 is 2.96 bits per heavy atom. The van der Waals surface area contributed by atoms with E-state index in [1.807, 2.05) is 24.2 Å². The summed E-state index contributed by atoms with van der Waals surface area (Å²) in [6.07, 6.45) is 8.50. The Balaban J connectivity index is 1.45. The van der Waals surface area contributed by atoms with Crippen molar-refractivity contribution < 1.29 is 4.39 Å². The number of anilines is 1. The fourth-order valence-corrected chi connectivity index (χ4v) is 3.42. The van der Waals surface area contributed by atoms with Gasteiger partial charge in [0.1, 0.15) is 5.82 Å². The maximum absolute atomic E-state index is 14.0. The monoisotopic (exact) mass is 387 g/mol. The van der Waals surface area contributed by atoms with E-state index in [9.17, 15) is 4.39 Å². The molecule has 3 heterocycles. The second-order valence-corrected chi connectivity index (χ2v) is 7.02. The van der Waals surface area contributed by atoms with Crippen LogP contribution in [0.1, 0.15) is 32.0 Å². The zero-order chi connectivity index (χ0) is 19.8. The molecule has 1 aliphatic heterocycles. The summed E-state index contributed by atoms with van der Waals surface area (Å²) in [4.78, 5) is 15.1. The standard InChI is InChI=1S/C20H30FN7/c1-3-22-20(25-9-4-5-12-27-14-11-23-16(27)2)26-17-8-13-28(15-17)19-18(21)7-6-10-24-19/h6-7,10-11,14,17H,3-5,8-9,12-13,15H2,1-2H3,(H2,22,25,26). The van der Waals surface area contributed by atoms with Crippen molar-refractivity contribution in [1.29, 1.82) is 0 Å². The molecule has 7 nitrogen and oxygen atoms in total. The minimum Gasteiger partial charge on any atom is -0.357 e. The molecule has 2 N–H and O–H groups in total. The quantitative estimate of drug-likeness (QED) is 0.413. The number of guanidine groups is 1. The molecule has 1 fully saturated rings. The van der Waals surface area contributed by atoms with Gasteiger partial charge in [0.15, 0.2) is 17.6 Å². The lowest BCUT2D eigenvalue weighted by atomic mass is 10.3. The first-order valence-corrected chi connectivity index (χ1v) is 10.1. The number of aliphatic imine (C=N–C) groups is 1. The van der Waals surface area contributed by atoms with E-state index in [0.29, 0.717) is 5.82 Å². The fourth-order valence-electron chi connectivity index (χ4n) is 3.42. The summed E-state index contributed by atoms with van der Waals surface area (Å²) >= 11 is 0. The first-order chi connectivity index (χ1) is 13.7. The van der Waals surface area contributed by atoms with Crippen molar-refractivity contribution in [3.63, 3.8) is 0 Å². The van der Waals surface area contributed by atoms with Gasteiger partial charge in [-0.2, -0.15) is 0 Å². The summed E-state index contributed by atoms with van der Waals surface area (Å²) in [6, 6.07) is 3.31. The molecule has 0 saturated carbocycles. The Kier molecular flexibility index (Phi) is 7.22. The predicted octanol–water partition coefficient (Wildman–Crippen LogP) is 2.34. The van der Waals surface area contributed by atoms with Crippen LogP contribution >= 0.6 is 0 Å². The molecule has 1 saturated heterocycles. The van der Waals surface area contributed by atoms with E-state index in [2.05, 4.69) is 32.1 Å². The first kappa shape index (κ1) is 20.1. The average molecular weight is 388 g/mol. The average Bonchev–Trinajstić information content (AvgIpc) is 3.31. The molecule has 0 aromatic carbocycles. The topological polar surface area (TPSA) is 70.4 Å². The Morgan fingerprint density at radius 1 is 1.32 bits per heavy atom. The molecule has 0 bridgehead atoms. The van der Waals surface area contributed by atoms with Gasteiger partial charge in [-0.1, -0.05) is 0 Å². The van der Waals surface area contributed by atoms with Crippen molar-refractivity contribution in [2.75, 3.05) is 31.1 Å². The molecule has 3 rings (SSSR count). The third-order valence-corrected chi connectivity index (χ3v) is 4.91. The number of nitrogens with one attached hydrogen (secondary N) is 2. The third kappa shape index (κ3) is 5.43. The van der Waals surface area contributed by atoms with Crippen molar-refractivity contribution in [1.82, 2.24) is 25.2 Å². The maximum Gasteiger partial charge on any atom is 0.191 e. The zero-order valence-corrected chi connectivity index (χ0v) is 16.7. The molecular weight excluding hydrogens is 357 g/mol. The Labute approximate surface area is 166 Å². The van der Waals surface area contributed by atoms with Crippen molar-refractivity contribution >= 4 is 11.8 Å². The van der Waals surface area contributed by atoms with Crippen LogP contribution in [0.15, 0.2) is 35.7 Å². The summed E-state index contributed by atoms with van der Waals surface area (Å²) in [6.45, 7) is 8.14. The lowest BCUT2D eigenvalue weighted by Crippen LogP contribution is -2.44. The van der Waals surface area contributed by atoms with Crippen molar-refractivity contribution in [2.24, 2.45) is 4.99 Å². The number of hydrogen-bond donors (Lipinski definition) is 2. The molecular formula is C20H30FN7. The van der Waals surface area contributed by atoms with E-state index in [4.69, 9.17) is 4.99 Å². The molecule has 8 heteroatoms. The van der Waals surface area contributed by atoms with Crippen LogP contribution in [0.2, 0.25) is 0 Å². The summed E-state index contributed by atoms with van der Waals surface area (Å²) in [5.41, 5.74) is 0. The highest BCUT2D eigenvalue weighted by Crippen LogP contribution is 2.20. The molecule has 0 radical (unpaired) electrons. The van der Waals surface area contributed by atoms with Gasteiger partial charge in [-0.05, 0) is 45.2 Å². The van der Waals surface area contributed by atoms with Crippen LogP contribution in [0.3, 0.4) is 0 Å². The van der Waals surface area contributed by atoms with Gasteiger partial charge in [0.05, 0.1) is 0 Å². The molecule has 2 aromatic rings. The van der Waals surface area contributed by atoms with Gasteiger partial charge < -0.3 is 20.1 Å². The van der Waals surface area contributed by atoms with Gasteiger partial charge in [0.2, 0.25) is 0 Å². The van der Waals surface area contributed by atoms with E-state index in [1.165, 1.54) is 6.07 Å². The van der Waals surface area contributed by atoms with Crippen molar-refractivity contribution in [3.8, 4) is 0 Å².